The number of hydroxylamine groups is 2. The number of carbonyl (C=O) groups is 1. The average molecular weight is 352 g/mol. The number of phenolic OH excluding ortho intramolecular Hbond substituents is 2. The minimum atomic E-state index is -0.453. The highest BCUT2D eigenvalue weighted by Gasteiger charge is 2.45. The van der Waals surface area contributed by atoms with Crippen molar-refractivity contribution in [3.63, 3.8) is 0 Å². The van der Waals surface area contributed by atoms with E-state index < -0.39 is 11.1 Å². The van der Waals surface area contributed by atoms with Crippen molar-refractivity contribution in [2.75, 3.05) is 0 Å². The highest BCUT2D eigenvalue weighted by molar-refractivity contribution is 5.96. The number of amides is 1. The van der Waals surface area contributed by atoms with Crippen LogP contribution in [0.15, 0.2) is 12.1 Å². The lowest BCUT2D eigenvalue weighted by molar-refractivity contribution is -0.245. The molecule has 0 saturated carbocycles. The number of carbonyl (C=O) groups excluding carboxylic acids is 1. The lowest BCUT2D eigenvalue weighted by Gasteiger charge is -2.51. The Bertz CT molecular complexity index is 608. The molecule has 0 radical (unpaired) electrons. The quantitative estimate of drug-likeness (QED) is 0.611. The Balaban J connectivity index is 0.00000151. The normalized spacial score (nSPS) is 19.7. The van der Waals surface area contributed by atoms with Crippen molar-refractivity contribution in [2.45, 2.75) is 78.4 Å². The summed E-state index contributed by atoms with van der Waals surface area (Å²) in [6.45, 7) is 13.4. The van der Waals surface area contributed by atoms with E-state index in [1.54, 1.807) is 6.92 Å². The summed E-state index contributed by atoms with van der Waals surface area (Å²) in [5.41, 5.74) is 0.0239. The van der Waals surface area contributed by atoms with Crippen LogP contribution >= 0.6 is 0 Å². The molecule has 0 aliphatic carbocycles. The van der Waals surface area contributed by atoms with E-state index in [1.807, 2.05) is 41.5 Å². The first-order chi connectivity index (χ1) is 11.4. The predicted octanol–water partition coefficient (Wildman–Crippen LogP) is 3.57. The highest BCUT2D eigenvalue weighted by Crippen LogP contribution is 2.37. The molecule has 1 heterocycles. The Labute approximate surface area is 150 Å². The summed E-state index contributed by atoms with van der Waals surface area (Å²) >= 11 is 0. The van der Waals surface area contributed by atoms with E-state index in [-0.39, 0.29) is 23.4 Å². The number of rotatable bonds is 2. The smallest absolute Gasteiger partial charge is 0.251 e. The molecule has 6 nitrogen and oxygen atoms in total. The van der Waals surface area contributed by atoms with Gasteiger partial charge < -0.3 is 20.7 Å². The number of phenols is 2. The zero-order valence-corrected chi connectivity index (χ0v) is 16.3. The fourth-order valence-electron chi connectivity index (χ4n) is 3.56. The molecule has 25 heavy (non-hydrogen) atoms. The summed E-state index contributed by atoms with van der Waals surface area (Å²) in [6, 6.07) is 2.55. The average Bonchev–Trinajstić information content (AvgIpc) is 2.49. The van der Waals surface area contributed by atoms with Gasteiger partial charge in [0.15, 0.2) is 11.5 Å². The molecular weight excluding hydrogens is 320 g/mol. The first-order valence-corrected chi connectivity index (χ1v) is 8.77. The van der Waals surface area contributed by atoms with Crippen LogP contribution in [0.25, 0.3) is 0 Å². The predicted molar refractivity (Wildman–Crippen MR) is 98.1 cm³/mol. The van der Waals surface area contributed by atoms with Crippen molar-refractivity contribution < 1.29 is 20.2 Å². The van der Waals surface area contributed by atoms with Gasteiger partial charge in [-0.25, -0.2) is 0 Å². The van der Waals surface area contributed by atoms with Crippen LogP contribution in [0.5, 0.6) is 11.5 Å². The zero-order chi connectivity index (χ0) is 19.6. The monoisotopic (exact) mass is 352 g/mol. The number of aryl methyl sites for hydroxylation is 1. The van der Waals surface area contributed by atoms with E-state index in [4.69, 9.17) is 0 Å². The van der Waals surface area contributed by atoms with Gasteiger partial charge in [-0.15, -0.1) is 0 Å². The van der Waals surface area contributed by atoms with Gasteiger partial charge in [0, 0.05) is 22.7 Å². The second kappa shape index (κ2) is 7.62. The molecular formula is C19H32N2O4. The largest absolute Gasteiger partial charge is 0.504 e. The molecule has 0 bridgehead atoms. The van der Waals surface area contributed by atoms with Crippen molar-refractivity contribution >= 4 is 5.91 Å². The van der Waals surface area contributed by atoms with Gasteiger partial charge in [0.1, 0.15) is 0 Å². The number of nitrogens with zero attached hydrogens (tertiary/aromatic N) is 1. The molecule has 0 spiro atoms. The Morgan fingerprint density at radius 2 is 1.52 bits per heavy atom. The third kappa shape index (κ3) is 4.64. The number of nitrogens with one attached hydrogen (secondary N) is 1. The van der Waals surface area contributed by atoms with E-state index in [1.165, 1.54) is 17.2 Å². The minimum absolute atomic E-state index is 0.0914. The standard InChI is InChI=1S/C17H26N2O4.C2H6/c1-10-6-13(20)14(21)7-12(10)15(22)18-11-8-16(2,3)19(23)17(4,5)9-11;1-2/h6-7,11,20-21,23H,8-9H2,1-5H3,(H,18,22);1-2H3. The van der Waals surface area contributed by atoms with Crippen molar-refractivity contribution in [2.24, 2.45) is 0 Å². The Kier molecular flexibility index (Phi) is 6.48. The van der Waals surface area contributed by atoms with Gasteiger partial charge in [-0.1, -0.05) is 13.8 Å². The number of hydrogen-bond donors (Lipinski definition) is 4. The van der Waals surface area contributed by atoms with Crippen molar-refractivity contribution in [3.8, 4) is 11.5 Å². The summed E-state index contributed by atoms with van der Waals surface area (Å²) in [6.07, 6.45) is 1.23. The number of piperidine rings is 1. The molecule has 1 saturated heterocycles. The molecule has 6 heteroatoms. The summed E-state index contributed by atoms with van der Waals surface area (Å²) in [5.74, 6) is -0.845. The van der Waals surface area contributed by atoms with Gasteiger partial charge in [0.05, 0.1) is 0 Å². The van der Waals surface area contributed by atoms with Gasteiger partial charge in [0.25, 0.3) is 5.91 Å². The fourth-order valence-corrected chi connectivity index (χ4v) is 3.56. The molecule has 1 aromatic rings. The second-order valence-corrected chi connectivity index (χ2v) is 7.67. The van der Waals surface area contributed by atoms with E-state index in [0.29, 0.717) is 24.0 Å². The van der Waals surface area contributed by atoms with Crippen LogP contribution in [0.2, 0.25) is 0 Å². The molecule has 1 amide bonds. The van der Waals surface area contributed by atoms with Crippen LogP contribution in [0.1, 0.15) is 70.3 Å². The van der Waals surface area contributed by atoms with E-state index in [0.717, 1.165) is 0 Å². The van der Waals surface area contributed by atoms with Crippen LogP contribution in [-0.2, 0) is 0 Å². The summed E-state index contributed by atoms with van der Waals surface area (Å²) < 4.78 is 0. The molecule has 0 unspecified atom stereocenters. The van der Waals surface area contributed by atoms with Crippen molar-refractivity contribution in [1.29, 1.82) is 0 Å². The Morgan fingerprint density at radius 1 is 1.08 bits per heavy atom. The number of aromatic hydroxyl groups is 2. The molecule has 0 aromatic heterocycles. The first-order valence-electron chi connectivity index (χ1n) is 8.77. The van der Waals surface area contributed by atoms with E-state index in [2.05, 4.69) is 5.32 Å². The van der Waals surface area contributed by atoms with Gasteiger partial charge >= 0.3 is 0 Å². The van der Waals surface area contributed by atoms with Gasteiger partial charge in [-0.05, 0) is 65.2 Å². The molecule has 2 rings (SSSR count). The minimum Gasteiger partial charge on any atom is -0.504 e. The zero-order valence-electron chi connectivity index (χ0n) is 16.3. The third-order valence-electron chi connectivity index (χ3n) is 4.54. The molecule has 1 aromatic carbocycles. The summed E-state index contributed by atoms with van der Waals surface area (Å²) in [4.78, 5) is 12.5. The van der Waals surface area contributed by atoms with Gasteiger partial charge in [0.2, 0.25) is 0 Å². The fraction of sp³-hybridized carbons (Fsp3) is 0.632. The third-order valence-corrected chi connectivity index (χ3v) is 4.54. The summed E-state index contributed by atoms with van der Waals surface area (Å²) in [5, 5.41) is 33.7. The lowest BCUT2D eigenvalue weighted by atomic mass is 9.79. The lowest BCUT2D eigenvalue weighted by Crippen LogP contribution is -2.62. The van der Waals surface area contributed by atoms with Crippen LogP contribution in [0, 0.1) is 6.92 Å². The van der Waals surface area contributed by atoms with Crippen molar-refractivity contribution in [1.82, 2.24) is 10.4 Å². The maximum absolute atomic E-state index is 12.5. The van der Waals surface area contributed by atoms with Crippen molar-refractivity contribution in [3.05, 3.63) is 23.3 Å². The van der Waals surface area contributed by atoms with Crippen LogP contribution in [0.3, 0.4) is 0 Å². The van der Waals surface area contributed by atoms with E-state index >= 15 is 0 Å². The Morgan fingerprint density at radius 3 is 2.00 bits per heavy atom. The molecule has 1 fully saturated rings. The molecule has 1 aliphatic heterocycles. The maximum Gasteiger partial charge on any atom is 0.251 e. The van der Waals surface area contributed by atoms with Gasteiger partial charge in [-0.3, -0.25) is 4.79 Å². The van der Waals surface area contributed by atoms with Gasteiger partial charge in [-0.2, -0.15) is 5.06 Å². The molecule has 4 N–H and O–H groups in total. The molecule has 0 atom stereocenters. The summed E-state index contributed by atoms with van der Waals surface area (Å²) in [7, 11) is 0. The molecule has 142 valence electrons. The highest BCUT2D eigenvalue weighted by atomic mass is 16.5. The molecule has 1 aliphatic rings. The number of benzene rings is 1. The van der Waals surface area contributed by atoms with Crippen LogP contribution in [-0.4, -0.2) is 43.5 Å². The van der Waals surface area contributed by atoms with Crippen LogP contribution in [0.4, 0.5) is 0 Å². The SMILES string of the molecule is CC.Cc1cc(O)c(O)cc1C(=O)NC1CC(C)(C)N(O)C(C)(C)C1. The Hall–Kier alpha value is -1.79. The van der Waals surface area contributed by atoms with Crippen LogP contribution < -0.4 is 5.32 Å². The topological polar surface area (TPSA) is 93.0 Å². The second-order valence-electron chi connectivity index (χ2n) is 7.67. The van der Waals surface area contributed by atoms with E-state index in [9.17, 15) is 20.2 Å². The first kappa shape index (κ1) is 21.3. The maximum atomic E-state index is 12.5. The number of hydrogen-bond acceptors (Lipinski definition) is 5.